The van der Waals surface area contributed by atoms with Gasteiger partial charge in [0.1, 0.15) is 0 Å². The molecule has 0 N–H and O–H groups in total. The van der Waals surface area contributed by atoms with Crippen molar-refractivity contribution >= 4 is 17.5 Å². The summed E-state index contributed by atoms with van der Waals surface area (Å²) in [6.45, 7) is 4.74. The lowest BCUT2D eigenvalue weighted by atomic mass is 9.86. The Morgan fingerprint density at radius 2 is 1.96 bits per heavy atom. The highest BCUT2D eigenvalue weighted by molar-refractivity contribution is 6.14. The molecule has 1 heterocycles. The van der Waals surface area contributed by atoms with E-state index < -0.39 is 23.4 Å². The molecule has 0 aromatic heterocycles. The van der Waals surface area contributed by atoms with Crippen LogP contribution in [-0.2, 0) is 14.3 Å². The molecule has 2 rings (SSSR count). The second-order valence-corrected chi connectivity index (χ2v) is 6.44. The minimum absolute atomic E-state index is 0.0425. The summed E-state index contributed by atoms with van der Waals surface area (Å²) in [7, 11) is 1.54. The van der Waals surface area contributed by atoms with E-state index in [-0.39, 0.29) is 18.9 Å². The number of aryl methyl sites for hydroxylation is 2. The molecule has 1 aliphatic rings. The Morgan fingerprint density at radius 3 is 2.52 bits per heavy atom. The van der Waals surface area contributed by atoms with Gasteiger partial charge in [0.25, 0.3) is 0 Å². The molecule has 1 aromatic rings. The van der Waals surface area contributed by atoms with Crippen LogP contribution in [0.5, 0.6) is 0 Å². The van der Waals surface area contributed by atoms with Gasteiger partial charge in [-0.15, -0.1) is 0 Å². The lowest BCUT2D eigenvalue weighted by Crippen LogP contribution is -2.32. The Labute approximate surface area is 147 Å². The smallest absolute Gasteiger partial charge is 0.223 e. The van der Waals surface area contributed by atoms with E-state index in [1.165, 1.54) is 7.11 Å². The predicted octanol–water partition coefficient (Wildman–Crippen LogP) is 1.69. The topological polar surface area (TPSA) is 87.5 Å². The van der Waals surface area contributed by atoms with Crippen molar-refractivity contribution in [1.82, 2.24) is 4.90 Å². The molecule has 6 nitrogen and oxygen atoms in total. The van der Waals surface area contributed by atoms with Crippen LogP contribution in [0, 0.1) is 37.0 Å². The molecule has 132 valence electrons. The van der Waals surface area contributed by atoms with Crippen molar-refractivity contribution in [2.45, 2.75) is 20.3 Å². The summed E-state index contributed by atoms with van der Waals surface area (Å²) in [4.78, 5) is 38.9. The fraction of sp³-hybridized carbons (Fsp3) is 0.474. The molecule has 0 spiro atoms. The molecule has 0 radical (unpaired) electrons. The number of likely N-dealkylation sites (tertiary alicyclic amines) is 1. The quantitative estimate of drug-likeness (QED) is 0.556. The second kappa shape index (κ2) is 8.04. The van der Waals surface area contributed by atoms with E-state index >= 15 is 0 Å². The first-order valence-corrected chi connectivity index (χ1v) is 8.20. The van der Waals surface area contributed by atoms with E-state index in [2.05, 4.69) is 0 Å². The highest BCUT2D eigenvalue weighted by Crippen LogP contribution is 2.24. The maximum atomic E-state index is 12.7. The van der Waals surface area contributed by atoms with Gasteiger partial charge >= 0.3 is 0 Å². The number of hydrogen-bond donors (Lipinski definition) is 0. The first kappa shape index (κ1) is 18.8. The van der Waals surface area contributed by atoms with Gasteiger partial charge in [-0.05, 0) is 26.0 Å². The average molecular weight is 342 g/mol. The van der Waals surface area contributed by atoms with E-state index in [1.807, 2.05) is 26.0 Å². The van der Waals surface area contributed by atoms with Gasteiger partial charge in [0.2, 0.25) is 5.91 Å². The lowest BCUT2D eigenvalue weighted by Gasteiger charge is -2.16. The van der Waals surface area contributed by atoms with Crippen LogP contribution >= 0.6 is 0 Å². The van der Waals surface area contributed by atoms with Gasteiger partial charge in [0.05, 0.1) is 12.7 Å². The zero-order chi connectivity index (χ0) is 18.6. The maximum absolute atomic E-state index is 12.7. The number of ketones is 2. The minimum Gasteiger partial charge on any atom is -0.383 e. The summed E-state index contributed by atoms with van der Waals surface area (Å²) in [5.41, 5.74) is 2.15. The van der Waals surface area contributed by atoms with Gasteiger partial charge in [0.15, 0.2) is 17.5 Å². The molecule has 0 bridgehead atoms. The van der Waals surface area contributed by atoms with Gasteiger partial charge in [-0.2, -0.15) is 5.26 Å². The normalized spacial score (nSPS) is 18.1. The molecular weight excluding hydrogens is 320 g/mol. The Kier molecular flexibility index (Phi) is 6.05. The number of methoxy groups -OCH3 is 1. The highest BCUT2D eigenvalue weighted by atomic mass is 16.5. The van der Waals surface area contributed by atoms with Crippen LogP contribution < -0.4 is 0 Å². The molecule has 25 heavy (non-hydrogen) atoms. The van der Waals surface area contributed by atoms with E-state index in [9.17, 15) is 19.6 Å². The zero-order valence-electron chi connectivity index (χ0n) is 14.7. The van der Waals surface area contributed by atoms with E-state index in [1.54, 1.807) is 17.0 Å². The van der Waals surface area contributed by atoms with Crippen molar-refractivity contribution < 1.29 is 19.1 Å². The summed E-state index contributed by atoms with van der Waals surface area (Å²) in [5.74, 6) is -3.11. The van der Waals surface area contributed by atoms with Crippen LogP contribution in [0.4, 0.5) is 0 Å². The van der Waals surface area contributed by atoms with E-state index in [0.717, 1.165) is 11.1 Å². The summed E-state index contributed by atoms with van der Waals surface area (Å²) >= 11 is 0. The van der Waals surface area contributed by atoms with Crippen molar-refractivity contribution in [2.75, 3.05) is 26.8 Å². The first-order valence-electron chi connectivity index (χ1n) is 8.20. The SMILES string of the molecule is COCCN1CC(C(=O)C(C#N)C(=O)c2cc(C)cc(C)c2)CC1=O. The molecule has 2 atom stereocenters. The molecule has 0 saturated carbocycles. The molecular formula is C19H22N2O4. The molecule has 0 aliphatic carbocycles. The van der Waals surface area contributed by atoms with Crippen LogP contribution in [0.25, 0.3) is 0 Å². The fourth-order valence-electron chi connectivity index (χ4n) is 3.15. The Hall–Kier alpha value is -2.52. The number of carbonyl (C=O) groups is 3. The number of benzene rings is 1. The second-order valence-electron chi connectivity index (χ2n) is 6.44. The van der Waals surface area contributed by atoms with Crippen LogP contribution in [0.2, 0.25) is 0 Å². The summed E-state index contributed by atoms with van der Waals surface area (Å²) in [6, 6.07) is 7.11. The number of nitriles is 1. The first-order chi connectivity index (χ1) is 11.9. The van der Waals surface area contributed by atoms with Crippen molar-refractivity contribution in [3.8, 4) is 6.07 Å². The third-order valence-electron chi connectivity index (χ3n) is 4.36. The van der Waals surface area contributed by atoms with Gasteiger partial charge in [-0.3, -0.25) is 14.4 Å². The predicted molar refractivity (Wildman–Crippen MR) is 90.9 cm³/mol. The molecule has 1 aliphatic heterocycles. The van der Waals surface area contributed by atoms with Crippen LogP contribution in [0.1, 0.15) is 27.9 Å². The third kappa shape index (κ3) is 4.31. The number of nitrogens with zero attached hydrogens (tertiary/aromatic N) is 2. The number of ether oxygens (including phenoxy) is 1. The molecule has 1 amide bonds. The van der Waals surface area contributed by atoms with Crippen LogP contribution in [0.15, 0.2) is 18.2 Å². The summed E-state index contributed by atoms with van der Waals surface area (Å²) < 4.78 is 4.95. The molecule has 2 unspecified atom stereocenters. The third-order valence-corrected chi connectivity index (χ3v) is 4.36. The average Bonchev–Trinajstić information content (AvgIpc) is 2.93. The van der Waals surface area contributed by atoms with Crippen LogP contribution in [-0.4, -0.2) is 49.2 Å². The largest absolute Gasteiger partial charge is 0.383 e. The molecule has 1 aromatic carbocycles. The van der Waals surface area contributed by atoms with Gasteiger partial charge in [-0.1, -0.05) is 17.2 Å². The Bertz CT molecular complexity index is 715. The summed E-state index contributed by atoms with van der Waals surface area (Å²) in [5, 5.41) is 9.39. The van der Waals surface area contributed by atoms with Crippen molar-refractivity contribution in [3.63, 3.8) is 0 Å². The monoisotopic (exact) mass is 342 g/mol. The van der Waals surface area contributed by atoms with Crippen molar-refractivity contribution in [3.05, 3.63) is 34.9 Å². The number of rotatable bonds is 7. The maximum Gasteiger partial charge on any atom is 0.223 e. The fourth-order valence-corrected chi connectivity index (χ4v) is 3.15. The Balaban J connectivity index is 2.15. The number of hydrogen-bond acceptors (Lipinski definition) is 5. The summed E-state index contributed by atoms with van der Waals surface area (Å²) in [6.07, 6.45) is 0.0425. The minimum atomic E-state index is -1.37. The number of carbonyl (C=O) groups excluding carboxylic acids is 3. The highest BCUT2D eigenvalue weighted by Gasteiger charge is 2.39. The molecule has 1 fully saturated rings. The van der Waals surface area contributed by atoms with Gasteiger partial charge in [-0.25, -0.2) is 0 Å². The Morgan fingerprint density at radius 1 is 1.32 bits per heavy atom. The van der Waals surface area contributed by atoms with Gasteiger partial charge < -0.3 is 9.64 Å². The van der Waals surface area contributed by atoms with E-state index in [4.69, 9.17) is 4.74 Å². The lowest BCUT2D eigenvalue weighted by molar-refractivity contribution is -0.129. The van der Waals surface area contributed by atoms with E-state index in [0.29, 0.717) is 18.7 Å². The van der Waals surface area contributed by atoms with Crippen molar-refractivity contribution in [1.29, 1.82) is 5.26 Å². The zero-order valence-corrected chi connectivity index (χ0v) is 14.7. The van der Waals surface area contributed by atoms with Crippen LogP contribution in [0.3, 0.4) is 0 Å². The number of amides is 1. The van der Waals surface area contributed by atoms with Gasteiger partial charge in [0, 0.05) is 38.1 Å². The van der Waals surface area contributed by atoms with Crippen molar-refractivity contribution in [2.24, 2.45) is 11.8 Å². The standard InChI is InChI=1S/C19H22N2O4/c1-12-6-13(2)8-14(7-12)18(23)16(10-20)19(24)15-9-17(22)21(11-15)4-5-25-3/h6-8,15-16H,4-5,9,11H2,1-3H3. The molecule has 6 heteroatoms. The number of Topliss-reactive ketones (excluding diaryl/α,β-unsaturated/α-hetero) is 2. The molecule has 1 saturated heterocycles.